The second kappa shape index (κ2) is 7.07. The summed E-state index contributed by atoms with van der Waals surface area (Å²) in [7, 11) is 0. The molecular formula is C14H21N3O2. The molecule has 1 aliphatic rings. The third-order valence-electron chi connectivity index (χ3n) is 3.29. The number of rotatable bonds is 6. The van der Waals surface area contributed by atoms with Crippen LogP contribution in [0.15, 0.2) is 16.1 Å². The highest BCUT2D eigenvalue weighted by atomic mass is 16.4. The largest absolute Gasteiger partial charge is 0.426 e. The van der Waals surface area contributed by atoms with Crippen molar-refractivity contribution in [1.29, 1.82) is 0 Å². The first kappa shape index (κ1) is 13.8. The summed E-state index contributed by atoms with van der Waals surface area (Å²) in [5, 5.41) is 10.5. The van der Waals surface area contributed by atoms with Crippen molar-refractivity contribution in [3.8, 4) is 0 Å². The Morgan fingerprint density at radius 3 is 2.95 bits per heavy atom. The number of aryl methyl sites for hydroxylation is 2. The van der Waals surface area contributed by atoms with E-state index < -0.39 is 0 Å². The number of amides is 1. The lowest BCUT2D eigenvalue weighted by molar-refractivity contribution is -0.121. The minimum absolute atomic E-state index is 0.0484. The Balaban J connectivity index is 1.60. The van der Waals surface area contributed by atoms with Gasteiger partial charge in [0.1, 0.15) is 0 Å². The molecule has 5 nitrogen and oxygen atoms in total. The van der Waals surface area contributed by atoms with Crippen LogP contribution in [0.2, 0.25) is 0 Å². The lowest BCUT2D eigenvalue weighted by atomic mass is 9.97. The zero-order valence-electron chi connectivity index (χ0n) is 11.4. The summed E-state index contributed by atoms with van der Waals surface area (Å²) in [5.41, 5.74) is 1.49. The van der Waals surface area contributed by atoms with Crippen molar-refractivity contribution in [1.82, 2.24) is 15.5 Å². The number of nitrogens with zero attached hydrogens (tertiary/aromatic N) is 2. The number of nitrogens with one attached hydrogen (secondary N) is 1. The number of allylic oxidation sites excluding steroid dienone is 1. The van der Waals surface area contributed by atoms with Crippen LogP contribution in [-0.2, 0) is 11.2 Å². The van der Waals surface area contributed by atoms with Crippen LogP contribution < -0.4 is 5.32 Å². The van der Waals surface area contributed by atoms with E-state index in [-0.39, 0.29) is 5.91 Å². The van der Waals surface area contributed by atoms with Crippen molar-refractivity contribution in [2.75, 3.05) is 6.54 Å². The molecule has 0 atom stereocenters. The maximum Gasteiger partial charge on any atom is 0.220 e. The Kier molecular flexibility index (Phi) is 5.12. The van der Waals surface area contributed by atoms with E-state index in [0.717, 1.165) is 13.0 Å². The van der Waals surface area contributed by atoms with Gasteiger partial charge in [-0.2, -0.15) is 0 Å². The Labute approximate surface area is 113 Å². The van der Waals surface area contributed by atoms with Crippen LogP contribution in [-0.4, -0.2) is 22.6 Å². The first-order valence-corrected chi connectivity index (χ1v) is 6.97. The summed E-state index contributed by atoms with van der Waals surface area (Å²) in [5.74, 6) is 1.12. The highest BCUT2D eigenvalue weighted by Crippen LogP contribution is 2.19. The maximum absolute atomic E-state index is 11.6. The smallest absolute Gasteiger partial charge is 0.220 e. The number of hydrogen-bond acceptors (Lipinski definition) is 4. The number of carbonyl (C=O) groups is 1. The van der Waals surface area contributed by atoms with Crippen LogP contribution in [0.5, 0.6) is 0 Å². The van der Waals surface area contributed by atoms with Gasteiger partial charge < -0.3 is 9.73 Å². The summed E-state index contributed by atoms with van der Waals surface area (Å²) in [4.78, 5) is 11.6. The molecule has 0 unspecified atom stereocenters. The molecule has 0 aliphatic heterocycles. The van der Waals surface area contributed by atoms with E-state index in [4.69, 9.17) is 4.42 Å². The van der Waals surface area contributed by atoms with Gasteiger partial charge in [0.25, 0.3) is 0 Å². The quantitative estimate of drug-likeness (QED) is 0.800. The van der Waals surface area contributed by atoms with Gasteiger partial charge in [-0.3, -0.25) is 4.79 Å². The third kappa shape index (κ3) is 4.85. The molecule has 0 spiro atoms. The average Bonchev–Trinajstić information content (AvgIpc) is 2.83. The fourth-order valence-corrected chi connectivity index (χ4v) is 2.24. The van der Waals surface area contributed by atoms with Crippen LogP contribution in [0.25, 0.3) is 0 Å². The SMILES string of the molecule is Cc1nnc(CCC(=O)NCCC2=CCCCC2)o1. The predicted molar refractivity (Wildman–Crippen MR) is 71.5 cm³/mol. The van der Waals surface area contributed by atoms with Crippen LogP contribution in [0.4, 0.5) is 0 Å². The highest BCUT2D eigenvalue weighted by molar-refractivity contribution is 5.75. The fourth-order valence-electron chi connectivity index (χ4n) is 2.24. The Hall–Kier alpha value is -1.65. The zero-order valence-corrected chi connectivity index (χ0v) is 11.4. The van der Waals surface area contributed by atoms with Crippen molar-refractivity contribution in [3.63, 3.8) is 0 Å². The van der Waals surface area contributed by atoms with Crippen molar-refractivity contribution < 1.29 is 9.21 Å². The van der Waals surface area contributed by atoms with Gasteiger partial charge in [0.05, 0.1) is 0 Å². The molecule has 19 heavy (non-hydrogen) atoms. The van der Waals surface area contributed by atoms with Crippen molar-refractivity contribution in [2.24, 2.45) is 0 Å². The summed E-state index contributed by atoms with van der Waals surface area (Å²) in [6, 6.07) is 0. The molecule has 1 aromatic heterocycles. The molecule has 1 amide bonds. The third-order valence-corrected chi connectivity index (χ3v) is 3.29. The normalized spacial score (nSPS) is 15.1. The molecule has 1 N–H and O–H groups in total. The van der Waals surface area contributed by atoms with E-state index in [9.17, 15) is 4.79 Å². The topological polar surface area (TPSA) is 68.0 Å². The van der Waals surface area contributed by atoms with Gasteiger partial charge in [-0.25, -0.2) is 0 Å². The molecule has 0 bridgehead atoms. The molecule has 2 rings (SSSR count). The molecule has 1 heterocycles. The van der Waals surface area contributed by atoms with Gasteiger partial charge in [-0.1, -0.05) is 11.6 Å². The predicted octanol–water partition coefficient (Wildman–Crippen LogP) is 2.32. The Morgan fingerprint density at radius 2 is 2.26 bits per heavy atom. The van der Waals surface area contributed by atoms with Crippen LogP contribution in [0.1, 0.15) is 50.3 Å². The van der Waals surface area contributed by atoms with Gasteiger partial charge in [0.2, 0.25) is 17.7 Å². The van der Waals surface area contributed by atoms with E-state index in [1.165, 1.54) is 31.3 Å². The van der Waals surface area contributed by atoms with E-state index in [1.807, 2.05) is 0 Å². The van der Waals surface area contributed by atoms with Gasteiger partial charge in [0, 0.05) is 26.3 Å². The second-order valence-corrected chi connectivity index (χ2v) is 4.92. The monoisotopic (exact) mass is 263 g/mol. The first-order chi connectivity index (χ1) is 9.24. The zero-order chi connectivity index (χ0) is 13.5. The lowest BCUT2D eigenvalue weighted by Crippen LogP contribution is -2.25. The Morgan fingerprint density at radius 1 is 1.37 bits per heavy atom. The molecular weight excluding hydrogens is 242 g/mol. The van der Waals surface area contributed by atoms with E-state index in [0.29, 0.717) is 24.6 Å². The maximum atomic E-state index is 11.6. The van der Waals surface area contributed by atoms with Crippen molar-refractivity contribution in [2.45, 2.75) is 51.9 Å². The first-order valence-electron chi connectivity index (χ1n) is 6.97. The summed E-state index contributed by atoms with van der Waals surface area (Å²) in [6.45, 7) is 2.47. The molecule has 0 aromatic carbocycles. The lowest BCUT2D eigenvalue weighted by Gasteiger charge is -2.12. The molecule has 1 aromatic rings. The summed E-state index contributed by atoms with van der Waals surface area (Å²) >= 11 is 0. The molecule has 5 heteroatoms. The van der Waals surface area contributed by atoms with Gasteiger partial charge >= 0.3 is 0 Å². The van der Waals surface area contributed by atoms with Crippen LogP contribution in [0, 0.1) is 6.92 Å². The van der Waals surface area contributed by atoms with Crippen molar-refractivity contribution >= 4 is 5.91 Å². The molecule has 0 fully saturated rings. The summed E-state index contributed by atoms with van der Waals surface area (Å²) in [6.07, 6.45) is 9.19. The van der Waals surface area contributed by atoms with Gasteiger partial charge in [-0.05, 0) is 32.1 Å². The number of carbonyl (C=O) groups excluding carboxylic acids is 1. The van der Waals surface area contributed by atoms with Gasteiger partial charge in [0.15, 0.2) is 0 Å². The average molecular weight is 263 g/mol. The molecule has 0 saturated heterocycles. The minimum atomic E-state index is 0.0484. The van der Waals surface area contributed by atoms with E-state index in [1.54, 1.807) is 6.92 Å². The second-order valence-electron chi connectivity index (χ2n) is 4.92. The van der Waals surface area contributed by atoms with E-state index in [2.05, 4.69) is 21.6 Å². The fraction of sp³-hybridized carbons (Fsp3) is 0.643. The number of hydrogen-bond donors (Lipinski definition) is 1. The standard InChI is InChI=1S/C14H21N3O2/c1-11-16-17-14(19-11)8-7-13(18)15-10-9-12-5-3-2-4-6-12/h5H,2-4,6-10H2,1H3,(H,15,18). The molecule has 104 valence electrons. The minimum Gasteiger partial charge on any atom is -0.426 e. The summed E-state index contributed by atoms with van der Waals surface area (Å²) < 4.78 is 5.22. The Bertz CT molecular complexity index is 451. The van der Waals surface area contributed by atoms with E-state index >= 15 is 0 Å². The van der Waals surface area contributed by atoms with Crippen LogP contribution >= 0.6 is 0 Å². The molecule has 0 radical (unpaired) electrons. The van der Waals surface area contributed by atoms with Crippen LogP contribution in [0.3, 0.4) is 0 Å². The van der Waals surface area contributed by atoms with Gasteiger partial charge in [-0.15, -0.1) is 10.2 Å². The number of aromatic nitrogens is 2. The van der Waals surface area contributed by atoms with Crippen molar-refractivity contribution in [3.05, 3.63) is 23.4 Å². The molecule has 0 saturated carbocycles. The highest BCUT2D eigenvalue weighted by Gasteiger charge is 2.08. The molecule has 1 aliphatic carbocycles.